The van der Waals surface area contributed by atoms with Crippen molar-refractivity contribution < 1.29 is 14.4 Å². The summed E-state index contributed by atoms with van der Waals surface area (Å²) in [5, 5.41) is 9.50. The van der Waals surface area contributed by atoms with Crippen molar-refractivity contribution >= 4 is 28.4 Å². The normalized spacial score (nSPS) is 49.1. The first-order valence-corrected chi connectivity index (χ1v) is 15.0. The van der Waals surface area contributed by atoms with Gasteiger partial charge in [-0.25, -0.2) is 0 Å². The van der Waals surface area contributed by atoms with Crippen LogP contribution in [0.25, 0.3) is 0 Å². The Hall–Kier alpha value is -1.47. The van der Waals surface area contributed by atoms with Crippen molar-refractivity contribution in [1.82, 2.24) is 0 Å². The molecule has 202 valence electrons. The zero-order chi connectivity index (χ0) is 27.1. The van der Waals surface area contributed by atoms with Crippen LogP contribution in [0.5, 0.6) is 0 Å². The molecule has 0 aromatic rings. The first kappa shape index (κ1) is 27.1. The first-order chi connectivity index (χ1) is 17.2. The molecule has 0 N–H and O–H groups in total. The maximum atomic E-state index is 14.2. The van der Waals surface area contributed by atoms with Crippen LogP contribution >= 0.6 is 11.6 Å². The zero-order valence-corrected chi connectivity index (χ0v) is 24.3. The van der Waals surface area contributed by atoms with E-state index in [-0.39, 0.29) is 68.7 Å². The molecule has 3 unspecified atom stereocenters. The highest BCUT2D eigenvalue weighted by Gasteiger charge is 2.66. The van der Waals surface area contributed by atoms with Crippen LogP contribution in [0.15, 0.2) is 11.6 Å². The highest BCUT2D eigenvalue weighted by molar-refractivity contribution is 6.64. The summed E-state index contributed by atoms with van der Waals surface area (Å²) in [5.41, 5.74) is -0.325. The number of carbonyl (C=O) groups is 3. The Morgan fingerprint density at radius 3 is 2.35 bits per heavy atom. The molecule has 0 bridgehead atoms. The predicted molar refractivity (Wildman–Crippen MR) is 144 cm³/mol. The average Bonchev–Trinajstić information content (AvgIpc) is 3.02. The molecule has 0 amide bonds. The average molecular weight is 526 g/mol. The van der Waals surface area contributed by atoms with Gasteiger partial charge in [-0.2, -0.15) is 5.26 Å². The SMILES string of the molecule is C[C@@H]1C=C(C#N)C(=O)[C@@H](C)[C@@H]2CC[C@]3(C)[C@H](CC(=O)C4CC5CC(C)(C)CC[C@]5(C(=O)Cl)CC[C@]43C)C12. The number of hydrogen-bond acceptors (Lipinski definition) is 4. The monoisotopic (exact) mass is 525 g/mol. The lowest BCUT2D eigenvalue weighted by atomic mass is 9.40. The molecule has 0 aromatic carbocycles. The van der Waals surface area contributed by atoms with Gasteiger partial charge in [0.2, 0.25) is 5.24 Å². The Balaban J connectivity index is 1.57. The minimum atomic E-state index is -0.512. The Morgan fingerprint density at radius 2 is 1.70 bits per heavy atom. The standard InChI is InChI=1S/C32H44ClNO3/c1-18-13-20(17-34)27(36)19(2)22-7-8-30(5)24(26(18)22)15-25(35)23-14-21-16-29(3,4)9-11-32(21,28(33)37)12-10-31(23,30)6/h13,18-19,21-24,26H,7-12,14-16H2,1-6H3/t18-,19+,21?,22+,23?,24-,26?,30-,31-,32+/m1/s1. The van der Waals surface area contributed by atoms with Crippen LogP contribution in [-0.4, -0.2) is 16.8 Å². The Morgan fingerprint density at radius 1 is 1.03 bits per heavy atom. The largest absolute Gasteiger partial charge is 0.299 e. The van der Waals surface area contributed by atoms with E-state index in [1.165, 1.54) is 0 Å². The summed E-state index contributed by atoms with van der Waals surface area (Å²) in [6.07, 6.45) is 9.57. The quantitative estimate of drug-likeness (QED) is 0.336. The molecule has 5 heteroatoms. The molecular weight excluding hydrogens is 482 g/mol. The molecule has 4 saturated carbocycles. The molecule has 10 atom stereocenters. The van der Waals surface area contributed by atoms with Crippen molar-refractivity contribution in [2.75, 3.05) is 0 Å². The summed E-state index contributed by atoms with van der Waals surface area (Å²) in [4.78, 5) is 40.4. The number of carbonyl (C=O) groups excluding carboxylic acids is 3. The highest BCUT2D eigenvalue weighted by Crippen LogP contribution is 2.71. The molecule has 4 fully saturated rings. The van der Waals surface area contributed by atoms with E-state index in [4.69, 9.17) is 11.6 Å². The van der Waals surface area contributed by atoms with Crippen LogP contribution in [0.4, 0.5) is 0 Å². The van der Waals surface area contributed by atoms with Crippen LogP contribution in [0.1, 0.15) is 99.3 Å². The summed E-state index contributed by atoms with van der Waals surface area (Å²) in [5.74, 6) is 0.903. The van der Waals surface area contributed by atoms with E-state index in [9.17, 15) is 19.6 Å². The van der Waals surface area contributed by atoms with Crippen LogP contribution in [0, 0.1) is 74.4 Å². The molecule has 0 aromatic heterocycles. The van der Waals surface area contributed by atoms with Gasteiger partial charge < -0.3 is 0 Å². The van der Waals surface area contributed by atoms with Crippen molar-refractivity contribution in [3.8, 4) is 6.07 Å². The number of nitrogens with zero attached hydrogens (tertiary/aromatic N) is 1. The lowest BCUT2D eigenvalue weighted by Gasteiger charge is -2.64. The van der Waals surface area contributed by atoms with Crippen molar-refractivity contribution in [2.24, 2.45) is 63.1 Å². The van der Waals surface area contributed by atoms with Gasteiger partial charge in [0.25, 0.3) is 0 Å². The van der Waals surface area contributed by atoms with Gasteiger partial charge in [-0.05, 0) is 109 Å². The van der Waals surface area contributed by atoms with Crippen LogP contribution < -0.4 is 0 Å². The van der Waals surface area contributed by atoms with Crippen molar-refractivity contribution in [2.45, 2.75) is 99.3 Å². The van der Waals surface area contributed by atoms with E-state index < -0.39 is 5.41 Å². The van der Waals surface area contributed by atoms with Gasteiger partial charge >= 0.3 is 0 Å². The van der Waals surface area contributed by atoms with Crippen LogP contribution in [0.3, 0.4) is 0 Å². The van der Waals surface area contributed by atoms with Gasteiger partial charge in [-0.3, -0.25) is 14.4 Å². The second-order valence-electron chi connectivity index (χ2n) is 14.9. The Labute approximate surface area is 228 Å². The second kappa shape index (κ2) is 8.77. The third-order valence-corrected chi connectivity index (χ3v) is 13.3. The fraction of sp³-hybridized carbons (Fsp3) is 0.812. The highest BCUT2D eigenvalue weighted by atomic mass is 35.5. The van der Waals surface area contributed by atoms with Crippen LogP contribution in [-0.2, 0) is 14.4 Å². The molecule has 4 nitrogen and oxygen atoms in total. The molecule has 0 saturated heterocycles. The van der Waals surface area contributed by atoms with Gasteiger partial charge in [0, 0.05) is 23.7 Å². The minimum Gasteiger partial charge on any atom is -0.299 e. The molecule has 0 radical (unpaired) electrons. The predicted octanol–water partition coefficient (Wildman–Crippen LogP) is 7.30. The van der Waals surface area contributed by atoms with Gasteiger partial charge in [-0.15, -0.1) is 0 Å². The summed E-state index contributed by atoms with van der Waals surface area (Å²) in [6.45, 7) is 13.5. The molecule has 37 heavy (non-hydrogen) atoms. The van der Waals surface area contributed by atoms with Crippen molar-refractivity contribution in [3.05, 3.63) is 11.6 Å². The van der Waals surface area contributed by atoms with E-state index >= 15 is 0 Å². The third kappa shape index (κ3) is 3.76. The maximum Gasteiger partial charge on any atom is 0.228 e. The molecule has 5 rings (SSSR count). The maximum absolute atomic E-state index is 14.2. The fourth-order valence-corrected chi connectivity index (χ4v) is 10.8. The number of rotatable bonds is 1. The topological polar surface area (TPSA) is 75.0 Å². The van der Waals surface area contributed by atoms with E-state index in [2.05, 4.69) is 40.7 Å². The number of hydrogen-bond donors (Lipinski definition) is 0. The number of allylic oxidation sites excluding steroid dienone is 2. The number of ketones is 2. The smallest absolute Gasteiger partial charge is 0.228 e. The summed E-state index contributed by atoms with van der Waals surface area (Å²) >= 11 is 6.43. The van der Waals surface area contributed by atoms with Gasteiger partial charge in [-0.1, -0.05) is 47.6 Å². The van der Waals surface area contributed by atoms with Gasteiger partial charge in [0.05, 0.1) is 5.57 Å². The molecule has 0 aliphatic heterocycles. The number of Topliss-reactive ketones (excluding diaryl/α,β-unsaturated/α-hetero) is 2. The number of fused-ring (bicyclic) bond motifs is 6. The summed E-state index contributed by atoms with van der Waals surface area (Å²) in [7, 11) is 0. The van der Waals surface area contributed by atoms with E-state index in [0.717, 1.165) is 51.4 Å². The van der Waals surface area contributed by atoms with Gasteiger partial charge in [0.15, 0.2) is 5.78 Å². The minimum absolute atomic E-state index is 0.0274. The molecular formula is C32H44ClNO3. The lowest BCUT2D eigenvalue weighted by Crippen LogP contribution is -2.60. The third-order valence-electron chi connectivity index (χ3n) is 13.0. The fourth-order valence-electron chi connectivity index (χ4n) is 10.4. The number of nitriles is 1. The Kier molecular flexibility index (Phi) is 6.43. The second-order valence-corrected chi connectivity index (χ2v) is 15.2. The van der Waals surface area contributed by atoms with E-state index in [0.29, 0.717) is 17.8 Å². The first-order valence-electron chi connectivity index (χ1n) is 14.6. The molecule has 0 spiro atoms. The van der Waals surface area contributed by atoms with Gasteiger partial charge in [0.1, 0.15) is 11.9 Å². The van der Waals surface area contributed by atoms with Crippen molar-refractivity contribution in [3.63, 3.8) is 0 Å². The van der Waals surface area contributed by atoms with Crippen LogP contribution in [0.2, 0.25) is 0 Å². The van der Waals surface area contributed by atoms with E-state index in [1.807, 2.05) is 13.0 Å². The summed E-state index contributed by atoms with van der Waals surface area (Å²) < 4.78 is 0. The number of halogens is 1. The molecule has 0 heterocycles. The summed E-state index contributed by atoms with van der Waals surface area (Å²) in [6, 6.07) is 2.17. The van der Waals surface area contributed by atoms with Crippen molar-refractivity contribution in [1.29, 1.82) is 5.26 Å². The molecule has 5 aliphatic rings. The van der Waals surface area contributed by atoms with E-state index in [1.54, 1.807) is 0 Å². The Bertz CT molecular complexity index is 1100. The zero-order valence-electron chi connectivity index (χ0n) is 23.5. The molecule has 5 aliphatic carbocycles. The lowest BCUT2D eigenvalue weighted by molar-refractivity contribution is -0.173.